The van der Waals surface area contributed by atoms with Gasteiger partial charge >= 0.3 is 12.1 Å². The maximum absolute atomic E-state index is 13.0. The second-order valence-electron chi connectivity index (χ2n) is 11.2. The number of hydrogen-bond donors (Lipinski definition) is 0. The zero-order valence-electron chi connectivity index (χ0n) is 24.4. The van der Waals surface area contributed by atoms with Crippen molar-refractivity contribution < 1.29 is 26.6 Å². The fourth-order valence-corrected chi connectivity index (χ4v) is 6.43. The topological polar surface area (TPSA) is 117 Å². The SMILES string of the molecule is FC(F)(F)c1nc(-c2cnc3c(c2)nc(CN2CCC(Oc4ccnc(Cc5ccc(Cl)cc5)n4)CC2)n3C[C@H]2CCOS2)no1. The molecule has 1 atom stereocenters. The highest BCUT2D eigenvalue weighted by atomic mass is 35.5. The van der Waals surface area contributed by atoms with Gasteiger partial charge < -0.3 is 18.0 Å². The third-order valence-corrected chi connectivity index (χ3v) is 9.06. The summed E-state index contributed by atoms with van der Waals surface area (Å²) in [4.78, 5) is 24.3. The Balaban J connectivity index is 1.03. The van der Waals surface area contributed by atoms with Crippen LogP contribution in [0.15, 0.2) is 53.3 Å². The largest absolute Gasteiger partial charge is 0.474 e. The molecule has 1 aromatic carbocycles. The summed E-state index contributed by atoms with van der Waals surface area (Å²) in [5.74, 6) is 0.455. The highest BCUT2D eigenvalue weighted by Gasteiger charge is 2.38. The minimum atomic E-state index is -4.73. The van der Waals surface area contributed by atoms with Crippen LogP contribution in [0, 0.1) is 0 Å². The van der Waals surface area contributed by atoms with Crippen molar-refractivity contribution in [2.75, 3.05) is 19.7 Å². The van der Waals surface area contributed by atoms with Crippen molar-refractivity contribution in [2.24, 2.45) is 0 Å². The Bertz CT molecular complexity index is 1810. The summed E-state index contributed by atoms with van der Waals surface area (Å²) >= 11 is 7.45. The molecule has 0 aliphatic carbocycles. The molecule has 0 spiro atoms. The van der Waals surface area contributed by atoms with Crippen LogP contribution in [-0.2, 0) is 29.9 Å². The van der Waals surface area contributed by atoms with Crippen LogP contribution in [0.4, 0.5) is 13.2 Å². The van der Waals surface area contributed by atoms with E-state index in [1.807, 2.05) is 24.3 Å². The maximum Gasteiger partial charge on any atom is 0.471 e. The number of pyridine rings is 1. The number of halogens is 4. The van der Waals surface area contributed by atoms with E-state index >= 15 is 0 Å². The molecule has 0 radical (unpaired) electrons. The van der Waals surface area contributed by atoms with Crippen molar-refractivity contribution in [1.82, 2.24) is 39.5 Å². The van der Waals surface area contributed by atoms with E-state index in [9.17, 15) is 13.2 Å². The first-order valence-corrected chi connectivity index (χ1v) is 16.0. The molecule has 0 bridgehead atoms. The number of piperidine rings is 1. The van der Waals surface area contributed by atoms with Gasteiger partial charge in [0.05, 0.1) is 18.4 Å². The Kier molecular flexibility index (Phi) is 8.81. The van der Waals surface area contributed by atoms with E-state index < -0.39 is 12.1 Å². The van der Waals surface area contributed by atoms with Gasteiger partial charge in [-0.15, -0.1) is 0 Å². The number of alkyl halides is 3. The third kappa shape index (κ3) is 7.12. The molecule has 2 aliphatic heterocycles. The van der Waals surface area contributed by atoms with E-state index in [-0.39, 0.29) is 17.2 Å². The average molecular weight is 673 g/mol. The van der Waals surface area contributed by atoms with E-state index in [1.165, 1.54) is 18.2 Å². The van der Waals surface area contributed by atoms with Gasteiger partial charge in [0.2, 0.25) is 11.7 Å². The molecule has 2 aliphatic rings. The van der Waals surface area contributed by atoms with E-state index in [2.05, 4.69) is 39.1 Å². The molecular formula is C30H28ClF3N8O3S. The molecule has 4 aromatic heterocycles. The van der Waals surface area contributed by atoms with Crippen molar-refractivity contribution in [3.63, 3.8) is 0 Å². The minimum Gasteiger partial charge on any atom is -0.474 e. The zero-order chi connectivity index (χ0) is 31.7. The Labute approximate surface area is 270 Å². The second-order valence-corrected chi connectivity index (χ2v) is 12.7. The Hall–Kier alpha value is -3.79. The molecular weight excluding hydrogens is 645 g/mol. The molecule has 46 heavy (non-hydrogen) atoms. The lowest BCUT2D eigenvalue weighted by Crippen LogP contribution is -2.38. The maximum atomic E-state index is 13.0. The molecule has 240 valence electrons. The fourth-order valence-electron chi connectivity index (χ4n) is 5.52. The lowest BCUT2D eigenvalue weighted by Gasteiger charge is -2.31. The minimum absolute atomic E-state index is 0.0150. The van der Waals surface area contributed by atoms with Gasteiger partial charge in [-0.2, -0.15) is 23.1 Å². The Morgan fingerprint density at radius 1 is 1.02 bits per heavy atom. The van der Waals surface area contributed by atoms with Crippen LogP contribution >= 0.6 is 23.6 Å². The molecule has 11 nitrogen and oxygen atoms in total. The number of likely N-dealkylation sites (tertiary alicyclic amines) is 1. The molecule has 6 heterocycles. The fraction of sp³-hybridized carbons (Fsp3) is 0.400. The van der Waals surface area contributed by atoms with E-state index in [1.54, 1.807) is 18.3 Å². The normalized spacial score (nSPS) is 18.0. The number of ether oxygens (including phenoxy) is 1. The first-order chi connectivity index (χ1) is 22.3. The van der Waals surface area contributed by atoms with Gasteiger partial charge in [-0.05, 0) is 55.1 Å². The van der Waals surface area contributed by atoms with Crippen LogP contribution in [0.5, 0.6) is 5.88 Å². The Morgan fingerprint density at radius 3 is 2.59 bits per heavy atom. The van der Waals surface area contributed by atoms with E-state index in [4.69, 9.17) is 25.5 Å². The second kappa shape index (κ2) is 13.1. The number of benzene rings is 1. The quantitative estimate of drug-likeness (QED) is 0.171. The lowest BCUT2D eigenvalue weighted by atomic mass is 10.1. The molecule has 0 N–H and O–H groups in total. The third-order valence-electron chi connectivity index (χ3n) is 7.85. The highest BCUT2D eigenvalue weighted by molar-refractivity contribution is 7.95. The summed E-state index contributed by atoms with van der Waals surface area (Å²) in [5, 5.41) is 4.42. The van der Waals surface area contributed by atoms with Crippen molar-refractivity contribution in [2.45, 2.75) is 56.3 Å². The van der Waals surface area contributed by atoms with Crippen LogP contribution in [0.1, 0.15) is 42.4 Å². The molecule has 7 rings (SSSR count). The number of hydrogen-bond acceptors (Lipinski definition) is 11. The van der Waals surface area contributed by atoms with Gasteiger partial charge in [-0.3, -0.25) is 4.90 Å². The van der Waals surface area contributed by atoms with Crippen LogP contribution < -0.4 is 4.74 Å². The van der Waals surface area contributed by atoms with Crippen molar-refractivity contribution in [3.05, 3.63) is 76.9 Å². The van der Waals surface area contributed by atoms with Crippen molar-refractivity contribution >= 4 is 34.8 Å². The van der Waals surface area contributed by atoms with Gasteiger partial charge in [0.1, 0.15) is 23.3 Å². The zero-order valence-corrected chi connectivity index (χ0v) is 25.9. The molecule has 0 amide bonds. The summed E-state index contributed by atoms with van der Waals surface area (Å²) in [6.07, 6.45) is 1.56. The number of fused-ring (bicyclic) bond motifs is 1. The average Bonchev–Trinajstić information content (AvgIpc) is 3.81. The number of rotatable bonds is 9. The molecule has 5 aromatic rings. The molecule has 2 saturated heterocycles. The van der Waals surface area contributed by atoms with Crippen molar-refractivity contribution in [3.8, 4) is 17.3 Å². The van der Waals surface area contributed by atoms with Crippen LogP contribution in [0.2, 0.25) is 5.02 Å². The van der Waals surface area contributed by atoms with Gasteiger partial charge in [0.25, 0.3) is 0 Å². The number of aromatic nitrogens is 7. The standard InChI is InChI=1S/C30H28ClF3N8O3S/c31-20-3-1-18(2-4-20)13-24-35-9-5-26(38-24)44-21-6-10-41(11-7-21)17-25-37-23-14-19(27-39-29(45-40-27)30(32,33)34)15-36-28(23)42(25)16-22-8-12-43-46-22/h1-5,9,14-15,21-22H,6-8,10-13,16-17H2/t22-/m1/s1. The summed E-state index contributed by atoms with van der Waals surface area (Å²) in [7, 11) is 0. The van der Waals surface area contributed by atoms with Gasteiger partial charge in [-0.1, -0.05) is 28.9 Å². The lowest BCUT2D eigenvalue weighted by molar-refractivity contribution is -0.159. The Morgan fingerprint density at radius 2 is 1.85 bits per heavy atom. The predicted octanol–water partition coefficient (Wildman–Crippen LogP) is 6.01. The summed E-state index contributed by atoms with van der Waals surface area (Å²) in [6.45, 7) is 3.49. The molecule has 0 saturated carbocycles. The smallest absolute Gasteiger partial charge is 0.471 e. The summed E-state index contributed by atoms with van der Waals surface area (Å²) in [5.41, 5.74) is 2.55. The van der Waals surface area contributed by atoms with Crippen molar-refractivity contribution in [1.29, 1.82) is 0 Å². The first kappa shape index (κ1) is 30.8. The molecule has 16 heteroatoms. The molecule has 2 fully saturated rings. The van der Waals surface area contributed by atoms with Crippen LogP contribution in [0.25, 0.3) is 22.6 Å². The van der Waals surface area contributed by atoms with Gasteiger partial charge in [0.15, 0.2) is 5.65 Å². The summed E-state index contributed by atoms with van der Waals surface area (Å²) in [6, 6.07) is 11.0. The highest BCUT2D eigenvalue weighted by Crippen LogP contribution is 2.31. The first-order valence-electron chi connectivity index (χ1n) is 14.8. The van der Waals surface area contributed by atoms with Crippen LogP contribution in [-0.4, -0.2) is 70.6 Å². The van der Waals surface area contributed by atoms with Crippen LogP contribution in [0.3, 0.4) is 0 Å². The monoisotopic (exact) mass is 672 g/mol. The van der Waals surface area contributed by atoms with Gasteiger partial charge in [0, 0.05) is 55.1 Å². The summed E-state index contributed by atoms with van der Waals surface area (Å²) < 4.78 is 57.3. The van der Waals surface area contributed by atoms with Gasteiger partial charge in [-0.25, -0.2) is 15.0 Å². The predicted molar refractivity (Wildman–Crippen MR) is 163 cm³/mol. The number of imidazole rings is 1. The molecule has 0 unspecified atom stereocenters. The van der Waals surface area contributed by atoms with E-state index in [0.29, 0.717) is 59.6 Å². The van der Waals surface area contributed by atoms with E-state index in [0.717, 1.165) is 43.7 Å². The number of nitrogens with zero attached hydrogens (tertiary/aromatic N) is 8.